The van der Waals surface area contributed by atoms with Crippen molar-refractivity contribution in [3.05, 3.63) is 71.8 Å². The number of nitrogens with one attached hydrogen (secondary N) is 2. The number of benzene rings is 1. The molecule has 1 saturated heterocycles. The highest BCUT2D eigenvalue weighted by Gasteiger charge is 2.18. The van der Waals surface area contributed by atoms with E-state index in [2.05, 4.69) is 44.8 Å². The average Bonchev–Trinajstić information content (AvgIpc) is 3.15. The molecule has 36 heavy (non-hydrogen) atoms. The van der Waals surface area contributed by atoms with Gasteiger partial charge in [-0.25, -0.2) is 14.3 Å². The third kappa shape index (κ3) is 4.38. The first-order valence-corrected chi connectivity index (χ1v) is 11.9. The minimum absolute atomic E-state index is 0.127. The Morgan fingerprint density at radius 1 is 1.17 bits per heavy atom. The van der Waals surface area contributed by atoms with E-state index < -0.39 is 0 Å². The Morgan fingerprint density at radius 2 is 1.97 bits per heavy atom. The van der Waals surface area contributed by atoms with Crippen LogP contribution in [-0.2, 0) is 6.54 Å². The lowest BCUT2D eigenvalue weighted by Gasteiger charge is -2.33. The maximum Gasteiger partial charge on any atom is 0.278 e. The van der Waals surface area contributed by atoms with Crippen LogP contribution < -0.4 is 15.8 Å². The topological polar surface area (TPSA) is 108 Å². The first kappa shape index (κ1) is 23.4. The Labute approximate surface area is 208 Å². The molecule has 1 aromatic carbocycles. The van der Waals surface area contributed by atoms with Crippen molar-refractivity contribution >= 4 is 45.1 Å². The summed E-state index contributed by atoms with van der Waals surface area (Å²) in [5, 5.41) is 13.0. The van der Waals surface area contributed by atoms with Crippen molar-refractivity contribution in [2.75, 3.05) is 43.4 Å². The second-order valence-corrected chi connectivity index (χ2v) is 8.82. The first-order valence-electron chi connectivity index (χ1n) is 11.9. The Balaban J connectivity index is 1.45. The summed E-state index contributed by atoms with van der Waals surface area (Å²) in [7, 11) is 2.15. The fourth-order valence-corrected chi connectivity index (χ4v) is 4.40. The highest BCUT2D eigenvalue weighted by Crippen LogP contribution is 2.25. The van der Waals surface area contributed by atoms with Crippen molar-refractivity contribution in [3.8, 4) is 0 Å². The summed E-state index contributed by atoms with van der Waals surface area (Å²) in [5.41, 5.74) is 2.87. The molecular weight excluding hydrogens is 454 g/mol. The van der Waals surface area contributed by atoms with Crippen LogP contribution in [0.2, 0.25) is 0 Å². The minimum atomic E-state index is -0.267. The molecule has 0 spiro atoms. The molecule has 0 atom stereocenters. The summed E-state index contributed by atoms with van der Waals surface area (Å²) >= 11 is 0. The Bertz CT molecular complexity index is 1540. The van der Waals surface area contributed by atoms with Crippen molar-refractivity contribution in [1.82, 2.24) is 29.2 Å². The molecule has 1 aliphatic rings. The third-order valence-corrected chi connectivity index (χ3v) is 6.32. The largest absolute Gasteiger partial charge is 0.368 e. The molecular formula is C26H29N9O. The van der Waals surface area contributed by atoms with Gasteiger partial charge in [-0.05, 0) is 38.2 Å². The number of nitrogens with zero attached hydrogens (tertiary/aromatic N) is 7. The summed E-state index contributed by atoms with van der Waals surface area (Å²) in [6.07, 6.45) is 8.39. The van der Waals surface area contributed by atoms with Gasteiger partial charge in [-0.1, -0.05) is 18.2 Å². The van der Waals surface area contributed by atoms with Gasteiger partial charge < -0.3 is 15.1 Å². The molecule has 2 N–H and O–H groups in total. The molecule has 1 aliphatic heterocycles. The van der Waals surface area contributed by atoms with Crippen LogP contribution in [0, 0.1) is 5.41 Å². The van der Waals surface area contributed by atoms with Crippen molar-refractivity contribution in [2.45, 2.75) is 13.5 Å². The van der Waals surface area contributed by atoms with E-state index >= 15 is 0 Å². The van der Waals surface area contributed by atoms with Gasteiger partial charge in [0.15, 0.2) is 5.65 Å². The van der Waals surface area contributed by atoms with Crippen molar-refractivity contribution in [1.29, 1.82) is 5.41 Å². The van der Waals surface area contributed by atoms with Crippen LogP contribution in [0.3, 0.4) is 0 Å². The van der Waals surface area contributed by atoms with Gasteiger partial charge in [0.2, 0.25) is 5.95 Å². The highest BCUT2D eigenvalue weighted by molar-refractivity contribution is 5.97. The van der Waals surface area contributed by atoms with Crippen molar-refractivity contribution in [3.63, 3.8) is 0 Å². The third-order valence-electron chi connectivity index (χ3n) is 6.32. The van der Waals surface area contributed by atoms with Gasteiger partial charge in [-0.15, -0.1) is 6.58 Å². The zero-order chi connectivity index (χ0) is 25.2. The average molecular weight is 484 g/mol. The molecule has 0 radical (unpaired) electrons. The fourth-order valence-electron chi connectivity index (χ4n) is 4.40. The van der Waals surface area contributed by atoms with Crippen LogP contribution in [0.25, 0.3) is 21.9 Å². The number of hydrogen-bond acceptors (Lipinski definition) is 8. The van der Waals surface area contributed by atoms with Crippen LogP contribution in [0.5, 0.6) is 0 Å². The summed E-state index contributed by atoms with van der Waals surface area (Å²) in [6, 6.07) is 8.12. The van der Waals surface area contributed by atoms with Gasteiger partial charge in [0, 0.05) is 43.4 Å². The summed E-state index contributed by atoms with van der Waals surface area (Å²) in [6.45, 7) is 9.88. The van der Waals surface area contributed by atoms with E-state index in [4.69, 9.17) is 10.4 Å². The van der Waals surface area contributed by atoms with E-state index in [1.165, 1.54) is 15.6 Å². The molecule has 0 amide bonds. The zero-order valence-corrected chi connectivity index (χ0v) is 20.5. The normalized spacial score (nSPS) is 14.7. The molecule has 4 heterocycles. The number of allylic oxidation sites excluding steroid dienone is 3. The van der Waals surface area contributed by atoms with E-state index in [1.807, 2.05) is 31.3 Å². The summed E-state index contributed by atoms with van der Waals surface area (Å²) < 4.78 is 2.91. The lowest BCUT2D eigenvalue weighted by atomic mass is 10.1. The molecule has 1 fully saturated rings. The minimum Gasteiger partial charge on any atom is -0.368 e. The fraction of sp³-hybridized carbons (Fsp3) is 0.269. The van der Waals surface area contributed by atoms with Crippen molar-refractivity contribution < 1.29 is 0 Å². The smallest absolute Gasteiger partial charge is 0.278 e. The summed E-state index contributed by atoms with van der Waals surface area (Å²) in [5.74, 6) is 0.454. The van der Waals surface area contributed by atoms with Gasteiger partial charge in [0.25, 0.3) is 5.56 Å². The number of rotatable bonds is 6. The van der Waals surface area contributed by atoms with E-state index in [0.717, 1.165) is 48.5 Å². The molecule has 0 aliphatic carbocycles. The lowest BCUT2D eigenvalue weighted by molar-refractivity contribution is 0.313. The Kier molecular flexibility index (Phi) is 6.34. The maximum absolute atomic E-state index is 12.9. The van der Waals surface area contributed by atoms with E-state index in [9.17, 15) is 4.79 Å². The predicted molar refractivity (Wildman–Crippen MR) is 145 cm³/mol. The molecule has 5 rings (SSSR count). The highest BCUT2D eigenvalue weighted by atomic mass is 16.1. The van der Waals surface area contributed by atoms with Crippen LogP contribution in [0.1, 0.15) is 6.92 Å². The maximum atomic E-state index is 12.9. The van der Waals surface area contributed by atoms with Gasteiger partial charge in [-0.3, -0.25) is 15.2 Å². The van der Waals surface area contributed by atoms with Crippen LogP contribution in [0.15, 0.2) is 66.3 Å². The van der Waals surface area contributed by atoms with Gasteiger partial charge >= 0.3 is 0 Å². The van der Waals surface area contributed by atoms with Crippen LogP contribution >= 0.6 is 0 Å². The molecule has 0 unspecified atom stereocenters. The van der Waals surface area contributed by atoms with Crippen LogP contribution in [0.4, 0.5) is 17.3 Å². The quantitative estimate of drug-likeness (QED) is 0.246. The Morgan fingerprint density at radius 3 is 2.72 bits per heavy atom. The number of likely N-dealkylation sites (N-methyl/N-ethyl adjacent to an activating group) is 1. The van der Waals surface area contributed by atoms with Crippen molar-refractivity contribution in [2.24, 2.45) is 0 Å². The molecule has 4 aromatic rings. The number of aromatic nitrogens is 5. The number of piperazine rings is 1. The van der Waals surface area contributed by atoms with Gasteiger partial charge in [0.05, 0.1) is 23.9 Å². The van der Waals surface area contributed by atoms with Crippen LogP contribution in [-0.4, -0.2) is 68.3 Å². The molecule has 0 saturated carbocycles. The molecule has 0 bridgehead atoms. The molecule has 10 nitrogen and oxygen atoms in total. The lowest BCUT2D eigenvalue weighted by Crippen LogP contribution is -2.44. The second-order valence-electron chi connectivity index (χ2n) is 8.82. The number of anilines is 3. The second kappa shape index (κ2) is 9.74. The van der Waals surface area contributed by atoms with Gasteiger partial charge in [-0.2, -0.15) is 4.98 Å². The van der Waals surface area contributed by atoms with E-state index in [0.29, 0.717) is 17.0 Å². The monoisotopic (exact) mass is 483 g/mol. The number of pyridine rings is 1. The zero-order valence-electron chi connectivity index (χ0n) is 20.5. The molecule has 3 aromatic heterocycles. The van der Waals surface area contributed by atoms with Gasteiger partial charge in [0.1, 0.15) is 11.2 Å². The van der Waals surface area contributed by atoms with E-state index in [1.54, 1.807) is 18.2 Å². The predicted octanol–water partition coefficient (Wildman–Crippen LogP) is 3.22. The number of hydrogen-bond donors (Lipinski definition) is 2. The summed E-state index contributed by atoms with van der Waals surface area (Å²) in [4.78, 5) is 31.2. The molecule has 10 heteroatoms. The SMILES string of the molecule is C=CCn1c(=O)c2cnc(Nc3ccc4cc(N5CCN(C)CC5)cnc4c3)nc2n1C(=N)/C=C\C. The first-order chi connectivity index (χ1) is 17.5. The Hall–Kier alpha value is -4.31. The standard InChI is InChI=1S/C26H29N9O/c1-4-6-23(27)35-24-21(25(36)34(35)9-5-2)17-29-26(31-24)30-19-8-7-18-14-20(16-28-22(18)15-19)33-12-10-32(3)11-13-33/h4-8,14-17,27H,2,9-13H2,1,3H3,(H,29,30,31)/b6-4-,27-23?. The van der Waals surface area contributed by atoms with E-state index in [-0.39, 0.29) is 17.9 Å². The molecule has 184 valence electrons. The number of fused-ring (bicyclic) bond motifs is 2.